The van der Waals surface area contributed by atoms with Crippen molar-refractivity contribution >= 4 is 15.9 Å². The average Bonchev–Trinajstić information content (AvgIpc) is 2.26. The zero-order chi connectivity index (χ0) is 15.8. The molecule has 8 heteroatoms. The summed E-state index contributed by atoms with van der Waals surface area (Å²) >= 11 is 0. The van der Waals surface area contributed by atoms with Crippen molar-refractivity contribution in [3.63, 3.8) is 0 Å². The van der Waals surface area contributed by atoms with Gasteiger partial charge < -0.3 is 15.2 Å². The summed E-state index contributed by atoms with van der Waals surface area (Å²) < 4.78 is 29.9. The molecule has 0 aromatic rings. The molecular formula is C12H26N2O5S. The molecule has 20 heavy (non-hydrogen) atoms. The first-order chi connectivity index (χ1) is 9.19. The molecular weight excluding hydrogens is 284 g/mol. The van der Waals surface area contributed by atoms with Crippen molar-refractivity contribution in [3.8, 4) is 0 Å². The van der Waals surface area contributed by atoms with Crippen LogP contribution in [0.15, 0.2) is 0 Å². The van der Waals surface area contributed by atoms with Gasteiger partial charge in [0.2, 0.25) is 15.9 Å². The van der Waals surface area contributed by atoms with Gasteiger partial charge in [0.05, 0.1) is 18.9 Å². The van der Waals surface area contributed by atoms with Crippen LogP contribution in [0.4, 0.5) is 0 Å². The first-order valence-electron chi connectivity index (χ1n) is 6.57. The summed E-state index contributed by atoms with van der Waals surface area (Å²) in [5.41, 5.74) is 0. The maximum Gasteiger partial charge on any atom is 0.238 e. The molecule has 0 bridgehead atoms. The highest BCUT2D eigenvalue weighted by molar-refractivity contribution is 7.88. The van der Waals surface area contributed by atoms with Crippen LogP contribution in [0.2, 0.25) is 0 Å². The Labute approximate surface area is 121 Å². The van der Waals surface area contributed by atoms with Crippen LogP contribution in [0, 0.1) is 5.92 Å². The Bertz CT molecular complexity index is 377. The largest absolute Gasteiger partial charge is 0.396 e. The summed E-state index contributed by atoms with van der Waals surface area (Å²) in [5, 5.41) is 11.6. The van der Waals surface area contributed by atoms with Crippen LogP contribution in [-0.2, 0) is 19.6 Å². The number of methoxy groups -OCH3 is 1. The van der Waals surface area contributed by atoms with Crippen molar-refractivity contribution in [3.05, 3.63) is 0 Å². The fourth-order valence-electron chi connectivity index (χ4n) is 1.79. The third kappa shape index (κ3) is 9.24. The van der Waals surface area contributed by atoms with E-state index in [1.807, 2.05) is 13.8 Å². The van der Waals surface area contributed by atoms with Crippen LogP contribution in [-0.4, -0.2) is 58.1 Å². The maximum absolute atomic E-state index is 12.1. The van der Waals surface area contributed by atoms with Crippen LogP contribution in [0.3, 0.4) is 0 Å². The predicted molar refractivity (Wildman–Crippen MR) is 76.7 cm³/mol. The average molecular weight is 310 g/mol. The Morgan fingerprint density at radius 2 is 1.95 bits per heavy atom. The van der Waals surface area contributed by atoms with Crippen LogP contribution < -0.4 is 10.0 Å². The lowest BCUT2D eigenvalue weighted by molar-refractivity contribution is -0.124. The lowest BCUT2D eigenvalue weighted by atomic mass is 10.0. The second kappa shape index (κ2) is 9.28. The minimum absolute atomic E-state index is 0.0807. The number of carbonyl (C=O) groups excluding carboxylic acids is 1. The molecule has 0 aliphatic carbocycles. The number of ether oxygens (including phenoxy) is 1. The van der Waals surface area contributed by atoms with Crippen LogP contribution in [0.25, 0.3) is 0 Å². The van der Waals surface area contributed by atoms with Gasteiger partial charge in [-0.3, -0.25) is 4.79 Å². The van der Waals surface area contributed by atoms with Gasteiger partial charge in [0.1, 0.15) is 6.04 Å². The zero-order valence-electron chi connectivity index (χ0n) is 12.5. The SMILES string of the molecule is COCC(CCO)NC(=O)C(CC(C)C)NS(C)(=O)=O. The lowest BCUT2D eigenvalue weighted by Gasteiger charge is -2.23. The highest BCUT2D eigenvalue weighted by Crippen LogP contribution is 2.07. The van der Waals surface area contributed by atoms with Gasteiger partial charge in [0, 0.05) is 13.7 Å². The second-order valence-corrected chi connectivity index (χ2v) is 7.03. The van der Waals surface area contributed by atoms with Crippen LogP contribution in [0.5, 0.6) is 0 Å². The van der Waals surface area contributed by atoms with Gasteiger partial charge in [-0.2, -0.15) is 0 Å². The molecule has 0 aliphatic heterocycles. The minimum atomic E-state index is -3.47. The molecule has 120 valence electrons. The smallest absolute Gasteiger partial charge is 0.238 e. The second-order valence-electron chi connectivity index (χ2n) is 5.25. The Kier molecular flexibility index (Phi) is 8.95. The van der Waals surface area contributed by atoms with Crippen molar-refractivity contribution in [1.82, 2.24) is 10.0 Å². The molecule has 0 fully saturated rings. The fourth-order valence-corrected chi connectivity index (χ4v) is 2.51. The maximum atomic E-state index is 12.1. The van der Waals surface area contributed by atoms with E-state index >= 15 is 0 Å². The standard InChI is InChI=1S/C12H26N2O5S/c1-9(2)7-11(14-20(4,17)18)12(16)13-10(5-6-15)8-19-3/h9-11,14-15H,5-8H2,1-4H3,(H,13,16). The predicted octanol–water partition coefficient (Wildman–Crippen LogP) is -0.536. The van der Waals surface area contributed by atoms with E-state index in [4.69, 9.17) is 9.84 Å². The third-order valence-electron chi connectivity index (χ3n) is 2.57. The fraction of sp³-hybridized carbons (Fsp3) is 0.917. The number of sulfonamides is 1. The molecule has 0 radical (unpaired) electrons. The molecule has 0 spiro atoms. The molecule has 3 N–H and O–H groups in total. The van der Waals surface area contributed by atoms with Gasteiger partial charge in [-0.1, -0.05) is 13.8 Å². The van der Waals surface area contributed by atoms with E-state index in [0.29, 0.717) is 12.8 Å². The molecule has 0 heterocycles. The summed E-state index contributed by atoms with van der Waals surface area (Å²) in [7, 11) is -1.97. The van der Waals surface area contributed by atoms with E-state index in [1.54, 1.807) is 0 Å². The Balaban J connectivity index is 4.74. The normalized spacial score (nSPS) is 15.1. The molecule has 0 saturated heterocycles. The number of aliphatic hydroxyl groups excluding tert-OH is 1. The number of nitrogens with one attached hydrogen (secondary N) is 2. The minimum Gasteiger partial charge on any atom is -0.396 e. The van der Waals surface area contributed by atoms with Gasteiger partial charge >= 0.3 is 0 Å². The van der Waals surface area contributed by atoms with Gasteiger partial charge in [-0.25, -0.2) is 13.1 Å². The number of aliphatic hydroxyl groups is 1. The highest BCUT2D eigenvalue weighted by Gasteiger charge is 2.25. The quantitative estimate of drug-likeness (QED) is 0.503. The van der Waals surface area contributed by atoms with E-state index in [2.05, 4.69) is 10.0 Å². The Hall–Kier alpha value is -0.700. The lowest BCUT2D eigenvalue weighted by Crippen LogP contribution is -2.51. The van der Waals surface area contributed by atoms with E-state index in [0.717, 1.165) is 6.26 Å². The van der Waals surface area contributed by atoms with Crippen LogP contribution in [0.1, 0.15) is 26.7 Å². The summed E-state index contributed by atoms with van der Waals surface area (Å²) in [6, 6.07) is -1.16. The number of hydrogen-bond acceptors (Lipinski definition) is 5. The van der Waals surface area contributed by atoms with Gasteiger partial charge in [-0.15, -0.1) is 0 Å². The summed E-state index contributed by atoms with van der Waals surface area (Å²) in [6.07, 6.45) is 1.78. The molecule has 7 nitrogen and oxygen atoms in total. The molecule has 0 saturated carbocycles. The van der Waals surface area contributed by atoms with E-state index in [-0.39, 0.29) is 25.2 Å². The topological polar surface area (TPSA) is 105 Å². The highest BCUT2D eigenvalue weighted by atomic mass is 32.2. The molecule has 0 aromatic heterocycles. The summed E-state index contributed by atoms with van der Waals surface area (Å²) in [6.45, 7) is 4.00. The number of rotatable bonds is 10. The molecule has 2 unspecified atom stereocenters. The molecule has 2 atom stereocenters. The zero-order valence-corrected chi connectivity index (χ0v) is 13.4. The monoisotopic (exact) mass is 310 g/mol. The Morgan fingerprint density at radius 3 is 2.35 bits per heavy atom. The molecule has 0 aliphatic rings. The van der Waals surface area contributed by atoms with E-state index < -0.39 is 22.0 Å². The molecule has 1 amide bonds. The van der Waals surface area contributed by atoms with Gasteiger partial charge in [-0.05, 0) is 18.8 Å². The number of hydrogen-bond donors (Lipinski definition) is 3. The van der Waals surface area contributed by atoms with E-state index in [1.165, 1.54) is 7.11 Å². The molecule has 0 aromatic carbocycles. The van der Waals surface area contributed by atoms with Crippen molar-refractivity contribution in [2.24, 2.45) is 5.92 Å². The summed E-state index contributed by atoms with van der Waals surface area (Å²) in [4.78, 5) is 12.1. The van der Waals surface area contributed by atoms with Crippen molar-refractivity contribution in [1.29, 1.82) is 0 Å². The van der Waals surface area contributed by atoms with Crippen molar-refractivity contribution in [2.45, 2.75) is 38.8 Å². The first-order valence-corrected chi connectivity index (χ1v) is 8.46. The molecule has 0 rings (SSSR count). The van der Waals surface area contributed by atoms with Crippen molar-refractivity contribution in [2.75, 3.05) is 26.6 Å². The number of carbonyl (C=O) groups is 1. The van der Waals surface area contributed by atoms with Gasteiger partial charge in [0.15, 0.2) is 0 Å². The third-order valence-corrected chi connectivity index (χ3v) is 3.28. The van der Waals surface area contributed by atoms with Gasteiger partial charge in [0.25, 0.3) is 0 Å². The summed E-state index contributed by atoms with van der Waals surface area (Å²) in [5.74, 6) is -0.238. The Morgan fingerprint density at radius 1 is 1.35 bits per heavy atom. The van der Waals surface area contributed by atoms with Crippen molar-refractivity contribution < 1.29 is 23.1 Å². The van der Waals surface area contributed by atoms with E-state index in [9.17, 15) is 13.2 Å². The number of amides is 1. The first kappa shape index (κ1) is 19.3. The van der Waals surface area contributed by atoms with Crippen LogP contribution >= 0.6 is 0 Å².